The summed E-state index contributed by atoms with van der Waals surface area (Å²) < 4.78 is 20.8. The van der Waals surface area contributed by atoms with Gasteiger partial charge in [-0.2, -0.15) is 5.10 Å². The van der Waals surface area contributed by atoms with Crippen molar-refractivity contribution in [3.8, 4) is 5.75 Å². The molecule has 1 aromatic carbocycles. The number of ether oxygens (including phenoxy) is 1. The van der Waals surface area contributed by atoms with Crippen LogP contribution in [0.1, 0.15) is 17.3 Å². The molecule has 1 atom stereocenters. The lowest BCUT2D eigenvalue weighted by molar-refractivity contribution is 0.395. The molecule has 1 aromatic heterocycles. The van der Waals surface area contributed by atoms with Crippen LogP contribution in [-0.2, 0) is 7.05 Å². The van der Waals surface area contributed by atoms with Crippen molar-refractivity contribution in [2.75, 3.05) is 7.11 Å². The van der Waals surface area contributed by atoms with Crippen LogP contribution >= 0.6 is 11.6 Å². The van der Waals surface area contributed by atoms with Crippen molar-refractivity contribution in [1.29, 1.82) is 0 Å². The standard InChI is InChI=1S/C12H14ClFN4O/c1-18-12(7(13)6-16-18)11(17-15)10-8(14)4-3-5-9(10)19-2/h3-6,11,17H,15H2,1-2H3. The lowest BCUT2D eigenvalue weighted by Crippen LogP contribution is -2.31. The van der Waals surface area contributed by atoms with Crippen LogP contribution in [0.25, 0.3) is 0 Å². The third-order valence-electron chi connectivity index (χ3n) is 2.90. The number of nitrogens with zero attached hydrogens (tertiary/aromatic N) is 2. The van der Waals surface area contributed by atoms with E-state index in [1.54, 1.807) is 23.9 Å². The average molecular weight is 285 g/mol. The van der Waals surface area contributed by atoms with Crippen LogP contribution in [0.3, 0.4) is 0 Å². The molecule has 1 unspecified atom stereocenters. The maximum Gasteiger partial charge on any atom is 0.132 e. The number of hydrogen-bond acceptors (Lipinski definition) is 4. The molecule has 102 valence electrons. The van der Waals surface area contributed by atoms with E-state index in [9.17, 15) is 4.39 Å². The topological polar surface area (TPSA) is 65.1 Å². The quantitative estimate of drug-likeness (QED) is 0.663. The molecule has 0 bridgehead atoms. The van der Waals surface area contributed by atoms with Crippen LogP contribution < -0.4 is 16.0 Å². The van der Waals surface area contributed by atoms with Crippen LogP contribution in [0.4, 0.5) is 4.39 Å². The molecular formula is C12H14ClFN4O. The van der Waals surface area contributed by atoms with Gasteiger partial charge < -0.3 is 4.74 Å². The monoisotopic (exact) mass is 284 g/mol. The van der Waals surface area contributed by atoms with Crippen LogP contribution in [0.5, 0.6) is 5.75 Å². The van der Waals surface area contributed by atoms with Crippen molar-refractivity contribution < 1.29 is 9.13 Å². The predicted molar refractivity (Wildman–Crippen MR) is 70.3 cm³/mol. The van der Waals surface area contributed by atoms with Gasteiger partial charge in [-0.25, -0.2) is 9.82 Å². The molecule has 0 aliphatic heterocycles. The number of methoxy groups -OCH3 is 1. The molecule has 2 aromatic rings. The second kappa shape index (κ2) is 5.56. The predicted octanol–water partition coefficient (Wildman–Crippen LogP) is 1.77. The minimum atomic E-state index is -0.656. The maximum absolute atomic E-state index is 14.1. The first kappa shape index (κ1) is 13.8. The van der Waals surface area contributed by atoms with E-state index in [-0.39, 0.29) is 5.56 Å². The van der Waals surface area contributed by atoms with E-state index < -0.39 is 11.9 Å². The molecule has 0 fully saturated rings. The molecule has 0 spiro atoms. The summed E-state index contributed by atoms with van der Waals surface area (Å²) in [5.41, 5.74) is 3.41. The Morgan fingerprint density at radius 2 is 2.26 bits per heavy atom. The molecule has 1 heterocycles. The van der Waals surface area contributed by atoms with Crippen molar-refractivity contribution >= 4 is 11.6 Å². The van der Waals surface area contributed by atoms with E-state index in [4.69, 9.17) is 22.2 Å². The van der Waals surface area contributed by atoms with Crippen LogP contribution in [0.2, 0.25) is 5.02 Å². The smallest absolute Gasteiger partial charge is 0.132 e. The Labute approximate surface area is 115 Å². The van der Waals surface area contributed by atoms with E-state index >= 15 is 0 Å². The summed E-state index contributed by atoms with van der Waals surface area (Å²) in [7, 11) is 3.18. The molecule has 0 amide bonds. The minimum absolute atomic E-state index is 0.290. The summed E-state index contributed by atoms with van der Waals surface area (Å²) >= 11 is 6.07. The highest BCUT2D eigenvalue weighted by atomic mass is 35.5. The normalized spacial score (nSPS) is 12.5. The first-order valence-electron chi connectivity index (χ1n) is 5.56. The van der Waals surface area contributed by atoms with Crippen LogP contribution in [0, 0.1) is 5.82 Å². The van der Waals surface area contributed by atoms with Crippen LogP contribution in [-0.4, -0.2) is 16.9 Å². The molecule has 0 aliphatic carbocycles. The lowest BCUT2D eigenvalue weighted by Gasteiger charge is -2.20. The summed E-state index contributed by atoms with van der Waals surface area (Å²) in [5, 5.41) is 4.42. The fraction of sp³-hybridized carbons (Fsp3) is 0.250. The number of halogens is 2. The average Bonchev–Trinajstić information content (AvgIpc) is 2.73. The SMILES string of the molecule is COc1cccc(F)c1C(NN)c1c(Cl)cnn1C. The van der Waals surface area contributed by atoms with E-state index in [0.717, 1.165) is 0 Å². The minimum Gasteiger partial charge on any atom is -0.496 e. The number of aromatic nitrogens is 2. The lowest BCUT2D eigenvalue weighted by atomic mass is 10.0. The first-order chi connectivity index (χ1) is 9.10. The highest BCUT2D eigenvalue weighted by Crippen LogP contribution is 2.34. The molecule has 0 aliphatic rings. The van der Waals surface area contributed by atoms with Crippen molar-refractivity contribution in [2.45, 2.75) is 6.04 Å². The van der Waals surface area contributed by atoms with Gasteiger partial charge in [0.1, 0.15) is 11.6 Å². The number of nitrogens with two attached hydrogens (primary N) is 1. The Balaban J connectivity index is 2.61. The maximum atomic E-state index is 14.1. The highest BCUT2D eigenvalue weighted by molar-refractivity contribution is 6.31. The van der Waals surface area contributed by atoms with Crippen molar-refractivity contribution in [1.82, 2.24) is 15.2 Å². The van der Waals surface area contributed by atoms with E-state index in [2.05, 4.69) is 10.5 Å². The Hall–Kier alpha value is -1.63. The zero-order valence-corrected chi connectivity index (χ0v) is 11.3. The Kier molecular flexibility index (Phi) is 4.04. The molecule has 0 saturated carbocycles. The Morgan fingerprint density at radius 3 is 2.79 bits per heavy atom. The molecule has 5 nitrogen and oxygen atoms in total. The van der Waals surface area contributed by atoms with Gasteiger partial charge in [-0.05, 0) is 12.1 Å². The molecule has 19 heavy (non-hydrogen) atoms. The Morgan fingerprint density at radius 1 is 1.53 bits per heavy atom. The molecule has 2 rings (SSSR count). The molecule has 3 N–H and O–H groups in total. The fourth-order valence-corrected chi connectivity index (χ4v) is 2.29. The zero-order valence-electron chi connectivity index (χ0n) is 10.5. The first-order valence-corrected chi connectivity index (χ1v) is 5.93. The fourth-order valence-electron chi connectivity index (χ4n) is 2.02. The largest absolute Gasteiger partial charge is 0.496 e. The molecule has 7 heteroatoms. The van der Waals surface area contributed by atoms with E-state index in [1.165, 1.54) is 19.4 Å². The number of hydrazine groups is 1. The van der Waals surface area contributed by atoms with Crippen molar-refractivity contribution in [2.24, 2.45) is 12.9 Å². The highest BCUT2D eigenvalue weighted by Gasteiger charge is 2.26. The van der Waals surface area contributed by atoms with Gasteiger partial charge in [0.2, 0.25) is 0 Å². The summed E-state index contributed by atoms with van der Waals surface area (Å²) in [6, 6.07) is 3.91. The van der Waals surface area contributed by atoms with Crippen molar-refractivity contribution in [3.63, 3.8) is 0 Å². The summed E-state index contributed by atoms with van der Waals surface area (Å²) in [6.45, 7) is 0. The van der Waals surface area contributed by atoms with Gasteiger partial charge in [0.25, 0.3) is 0 Å². The Bertz CT molecular complexity index is 568. The number of nitrogens with one attached hydrogen (secondary N) is 1. The molecular weight excluding hydrogens is 271 g/mol. The van der Waals surface area contributed by atoms with Gasteiger partial charge in [0.05, 0.1) is 35.6 Å². The number of rotatable bonds is 4. The van der Waals surface area contributed by atoms with Crippen molar-refractivity contribution in [3.05, 3.63) is 46.5 Å². The van der Waals surface area contributed by atoms with Gasteiger partial charge in [-0.1, -0.05) is 17.7 Å². The summed E-state index contributed by atoms with van der Waals surface area (Å²) in [5.74, 6) is 5.51. The number of benzene rings is 1. The second-order valence-corrected chi connectivity index (χ2v) is 4.36. The van der Waals surface area contributed by atoms with Gasteiger partial charge in [-0.3, -0.25) is 10.5 Å². The van der Waals surface area contributed by atoms with Gasteiger partial charge in [0, 0.05) is 7.05 Å². The van der Waals surface area contributed by atoms with E-state index in [0.29, 0.717) is 16.5 Å². The summed E-state index contributed by atoms with van der Waals surface area (Å²) in [4.78, 5) is 0. The van der Waals surface area contributed by atoms with Gasteiger partial charge in [0.15, 0.2) is 0 Å². The third-order valence-corrected chi connectivity index (χ3v) is 3.19. The molecule has 0 saturated heterocycles. The zero-order chi connectivity index (χ0) is 14.0. The third kappa shape index (κ3) is 2.42. The van der Waals surface area contributed by atoms with E-state index in [1.807, 2.05) is 0 Å². The molecule has 0 radical (unpaired) electrons. The summed E-state index contributed by atoms with van der Waals surface area (Å²) in [6.07, 6.45) is 1.48. The number of hydrogen-bond donors (Lipinski definition) is 2. The van der Waals surface area contributed by atoms with Gasteiger partial charge in [-0.15, -0.1) is 0 Å². The number of aryl methyl sites for hydroxylation is 1. The second-order valence-electron chi connectivity index (χ2n) is 3.96. The van der Waals surface area contributed by atoms with Gasteiger partial charge >= 0.3 is 0 Å². The van der Waals surface area contributed by atoms with Crippen LogP contribution in [0.15, 0.2) is 24.4 Å².